The number of hydrogen-bond acceptors (Lipinski definition) is 3. The number of amides is 1. The van der Waals surface area contributed by atoms with Crippen LogP contribution >= 0.6 is 0 Å². The predicted octanol–water partition coefficient (Wildman–Crippen LogP) is 6.07. The summed E-state index contributed by atoms with van der Waals surface area (Å²) in [5.41, 5.74) is 5.45. The summed E-state index contributed by atoms with van der Waals surface area (Å²) in [6.45, 7) is 4.82. The Kier molecular flexibility index (Phi) is 6.59. The van der Waals surface area contributed by atoms with Crippen molar-refractivity contribution in [1.29, 1.82) is 0 Å². The number of aromatic carboxylic acids is 1. The fourth-order valence-electron chi connectivity index (χ4n) is 5.16. The fraction of sp³-hybridized carbons (Fsp3) is 0.300. The molecule has 0 radical (unpaired) electrons. The number of rotatable bonds is 6. The first-order valence-electron chi connectivity index (χ1n) is 12.6. The highest BCUT2D eigenvalue weighted by Crippen LogP contribution is 2.26. The molecule has 1 amide bonds. The van der Waals surface area contributed by atoms with Crippen LogP contribution in [-0.4, -0.2) is 32.8 Å². The van der Waals surface area contributed by atoms with Gasteiger partial charge in [-0.15, -0.1) is 0 Å². The van der Waals surface area contributed by atoms with E-state index in [4.69, 9.17) is 5.10 Å². The van der Waals surface area contributed by atoms with Gasteiger partial charge in [0.15, 0.2) is 0 Å². The maximum Gasteiger partial charge on any atom is 0.336 e. The molecule has 0 unspecified atom stereocenters. The zero-order chi connectivity index (χ0) is 25.2. The maximum atomic E-state index is 12.9. The summed E-state index contributed by atoms with van der Waals surface area (Å²) in [5, 5.41) is 18.4. The average Bonchev–Trinajstić information content (AvgIpc) is 3.20. The molecule has 0 bridgehead atoms. The van der Waals surface area contributed by atoms with E-state index >= 15 is 0 Å². The van der Waals surface area contributed by atoms with E-state index in [1.165, 1.54) is 12.8 Å². The molecule has 0 saturated heterocycles. The molecule has 5 rings (SSSR count). The van der Waals surface area contributed by atoms with Crippen molar-refractivity contribution in [1.82, 2.24) is 15.1 Å². The molecule has 184 valence electrons. The van der Waals surface area contributed by atoms with Gasteiger partial charge in [-0.1, -0.05) is 49.4 Å². The van der Waals surface area contributed by atoms with Crippen molar-refractivity contribution in [3.63, 3.8) is 0 Å². The number of nitrogens with one attached hydrogen (secondary N) is 1. The van der Waals surface area contributed by atoms with Gasteiger partial charge in [-0.05, 0) is 79.5 Å². The van der Waals surface area contributed by atoms with Crippen LogP contribution in [0.15, 0.2) is 66.7 Å². The van der Waals surface area contributed by atoms with Crippen molar-refractivity contribution in [2.75, 3.05) is 0 Å². The molecular weight excluding hydrogens is 450 g/mol. The first kappa shape index (κ1) is 23.8. The van der Waals surface area contributed by atoms with Crippen LogP contribution in [0.4, 0.5) is 0 Å². The van der Waals surface area contributed by atoms with Crippen LogP contribution in [0.2, 0.25) is 0 Å². The highest BCUT2D eigenvalue weighted by molar-refractivity contribution is 5.99. The average molecular weight is 482 g/mol. The first-order valence-corrected chi connectivity index (χ1v) is 12.6. The van der Waals surface area contributed by atoms with Crippen LogP contribution in [0.5, 0.6) is 0 Å². The summed E-state index contributed by atoms with van der Waals surface area (Å²) in [6.07, 6.45) is 4.44. The Hall–Kier alpha value is -3.93. The molecule has 1 fully saturated rings. The van der Waals surface area contributed by atoms with Gasteiger partial charge in [0.1, 0.15) is 0 Å². The highest BCUT2D eigenvalue weighted by Gasteiger charge is 2.21. The van der Waals surface area contributed by atoms with Gasteiger partial charge in [-0.3, -0.25) is 9.48 Å². The van der Waals surface area contributed by atoms with Crippen molar-refractivity contribution in [3.05, 3.63) is 89.1 Å². The van der Waals surface area contributed by atoms with Gasteiger partial charge in [0.2, 0.25) is 0 Å². The van der Waals surface area contributed by atoms with Crippen molar-refractivity contribution >= 4 is 22.8 Å². The molecule has 36 heavy (non-hydrogen) atoms. The van der Waals surface area contributed by atoms with Crippen molar-refractivity contribution < 1.29 is 14.7 Å². The summed E-state index contributed by atoms with van der Waals surface area (Å²) >= 11 is 0. The normalized spacial score (nSPS) is 17.7. The summed E-state index contributed by atoms with van der Waals surface area (Å²) in [7, 11) is 0. The standard InChI is InChI=1S/C30H31N3O3/c1-19-7-14-24(15-8-19)31-29(34)23-13-16-28-27(17-23)20(2)32-33(28)18-21-9-11-22(12-10-21)25-5-3-4-6-26(25)30(35)36/h3-6,9-13,16-17,19,24H,7-8,14-15,18H2,1-2H3,(H,31,34)(H,35,36). The number of aryl methyl sites for hydroxylation is 1. The molecule has 1 aliphatic carbocycles. The quantitative estimate of drug-likeness (QED) is 0.350. The molecule has 1 aliphatic rings. The van der Waals surface area contributed by atoms with Gasteiger partial charge in [-0.25, -0.2) is 4.79 Å². The van der Waals surface area contributed by atoms with Crippen LogP contribution in [0.3, 0.4) is 0 Å². The zero-order valence-electron chi connectivity index (χ0n) is 20.7. The Labute approximate surface area is 211 Å². The SMILES string of the molecule is Cc1nn(Cc2ccc(-c3ccccc3C(=O)O)cc2)c2ccc(C(=O)NC3CCC(C)CC3)cc12. The van der Waals surface area contributed by atoms with E-state index in [1.54, 1.807) is 12.1 Å². The minimum atomic E-state index is -0.936. The van der Waals surface area contributed by atoms with Crippen LogP contribution in [0.1, 0.15) is 64.6 Å². The summed E-state index contributed by atoms with van der Waals surface area (Å²) < 4.78 is 1.95. The predicted molar refractivity (Wildman–Crippen MR) is 141 cm³/mol. The molecule has 1 aromatic heterocycles. The summed E-state index contributed by atoms with van der Waals surface area (Å²) in [6, 6.07) is 21.0. The number of carboxylic acid groups (broad SMARTS) is 1. The largest absolute Gasteiger partial charge is 0.478 e. The third-order valence-corrected chi connectivity index (χ3v) is 7.30. The second-order valence-corrected chi connectivity index (χ2v) is 9.95. The summed E-state index contributed by atoms with van der Waals surface area (Å²) in [4.78, 5) is 24.5. The lowest BCUT2D eigenvalue weighted by Crippen LogP contribution is -2.37. The topological polar surface area (TPSA) is 84.2 Å². The Morgan fingerprint density at radius 3 is 2.44 bits per heavy atom. The van der Waals surface area contributed by atoms with Crippen molar-refractivity contribution in [2.45, 2.75) is 52.1 Å². The van der Waals surface area contributed by atoms with E-state index in [0.717, 1.165) is 46.5 Å². The van der Waals surface area contributed by atoms with Gasteiger partial charge >= 0.3 is 5.97 Å². The number of carbonyl (C=O) groups is 2. The highest BCUT2D eigenvalue weighted by atomic mass is 16.4. The fourth-order valence-corrected chi connectivity index (χ4v) is 5.16. The lowest BCUT2D eigenvalue weighted by molar-refractivity contribution is 0.0697. The lowest BCUT2D eigenvalue weighted by Gasteiger charge is -2.26. The number of nitrogens with zero attached hydrogens (tertiary/aromatic N) is 2. The summed E-state index contributed by atoms with van der Waals surface area (Å²) in [5.74, 6) is -0.199. The van der Waals surface area contributed by atoms with E-state index in [1.807, 2.05) is 66.2 Å². The maximum absolute atomic E-state index is 12.9. The molecule has 1 saturated carbocycles. The second-order valence-electron chi connectivity index (χ2n) is 9.95. The molecule has 6 heteroatoms. The van der Waals surface area contributed by atoms with E-state index in [9.17, 15) is 14.7 Å². The van der Waals surface area contributed by atoms with E-state index in [2.05, 4.69) is 12.2 Å². The van der Waals surface area contributed by atoms with Crippen LogP contribution in [0.25, 0.3) is 22.0 Å². The number of benzene rings is 3. The number of aromatic nitrogens is 2. The van der Waals surface area contributed by atoms with E-state index in [-0.39, 0.29) is 17.5 Å². The molecule has 2 N–H and O–H groups in total. The molecule has 4 aromatic rings. The number of carbonyl (C=O) groups excluding carboxylic acids is 1. The molecule has 1 heterocycles. The van der Waals surface area contributed by atoms with Crippen LogP contribution in [-0.2, 0) is 6.54 Å². The van der Waals surface area contributed by atoms with Gasteiger partial charge in [0, 0.05) is 17.0 Å². The third kappa shape index (κ3) is 4.89. The van der Waals surface area contributed by atoms with Crippen molar-refractivity contribution in [2.24, 2.45) is 5.92 Å². The van der Waals surface area contributed by atoms with Gasteiger partial charge < -0.3 is 10.4 Å². The van der Waals surface area contributed by atoms with E-state index < -0.39 is 5.97 Å². The molecule has 6 nitrogen and oxygen atoms in total. The van der Waals surface area contributed by atoms with Crippen molar-refractivity contribution in [3.8, 4) is 11.1 Å². The molecule has 0 atom stereocenters. The Morgan fingerprint density at radius 2 is 1.72 bits per heavy atom. The van der Waals surface area contributed by atoms with Gasteiger partial charge in [0.25, 0.3) is 5.91 Å². The van der Waals surface area contributed by atoms with Crippen LogP contribution < -0.4 is 5.32 Å². The monoisotopic (exact) mass is 481 g/mol. The second kappa shape index (κ2) is 9.97. The Bertz CT molecular complexity index is 1410. The van der Waals surface area contributed by atoms with Gasteiger partial charge in [-0.2, -0.15) is 5.10 Å². The Morgan fingerprint density at radius 1 is 1.00 bits per heavy atom. The Balaban J connectivity index is 1.33. The first-order chi connectivity index (χ1) is 17.4. The minimum Gasteiger partial charge on any atom is -0.478 e. The van der Waals surface area contributed by atoms with Gasteiger partial charge in [0.05, 0.1) is 23.3 Å². The smallest absolute Gasteiger partial charge is 0.336 e. The third-order valence-electron chi connectivity index (χ3n) is 7.30. The van der Waals surface area contributed by atoms with Crippen LogP contribution in [0, 0.1) is 12.8 Å². The number of carboxylic acids is 1. The molecule has 3 aromatic carbocycles. The van der Waals surface area contributed by atoms with E-state index in [0.29, 0.717) is 17.7 Å². The molecule has 0 aliphatic heterocycles. The lowest BCUT2D eigenvalue weighted by atomic mass is 9.87. The number of hydrogen-bond donors (Lipinski definition) is 2. The zero-order valence-corrected chi connectivity index (χ0v) is 20.7. The molecule has 0 spiro atoms. The minimum absolute atomic E-state index is 0.0131. The number of fused-ring (bicyclic) bond motifs is 1. The molecular formula is C30H31N3O3.